The van der Waals surface area contributed by atoms with Crippen LogP contribution in [-0.2, 0) is 9.47 Å². The SMILES string of the molecule is CC1CCCCO1.OCC1CCCCO1.OCCCCC(O)CO.OCCCCCCO. The van der Waals surface area contributed by atoms with E-state index in [-0.39, 0.29) is 39.1 Å². The predicted molar refractivity (Wildman–Crippen MR) is 127 cm³/mol. The summed E-state index contributed by atoms with van der Waals surface area (Å²) in [4.78, 5) is 0. The number of unbranched alkanes of at least 4 members (excludes halogenated alkanes) is 4. The van der Waals surface area contributed by atoms with Gasteiger partial charge in [-0.15, -0.1) is 0 Å². The molecule has 32 heavy (non-hydrogen) atoms. The summed E-state index contributed by atoms with van der Waals surface area (Å²) in [6.07, 6.45) is 13.3. The highest BCUT2D eigenvalue weighted by molar-refractivity contribution is 4.60. The Hall–Kier alpha value is -0.320. The molecule has 2 saturated heterocycles. The fourth-order valence-corrected chi connectivity index (χ4v) is 3.01. The maximum atomic E-state index is 8.75. The molecular formula is C24H52O8. The molecule has 0 aliphatic carbocycles. The number of rotatable bonds is 11. The number of ether oxygens (including phenoxy) is 2. The molecule has 0 aromatic carbocycles. The molecule has 0 bridgehead atoms. The van der Waals surface area contributed by atoms with Crippen molar-refractivity contribution in [1.82, 2.24) is 0 Å². The first-order valence-corrected chi connectivity index (χ1v) is 12.5. The lowest BCUT2D eigenvalue weighted by molar-refractivity contribution is -0.0172. The van der Waals surface area contributed by atoms with Crippen molar-refractivity contribution in [2.45, 2.75) is 109 Å². The Kier molecular flexibility index (Phi) is 30.4. The second-order valence-corrected chi connectivity index (χ2v) is 8.27. The Bertz CT molecular complexity index is 315. The van der Waals surface area contributed by atoms with Crippen molar-refractivity contribution in [3.05, 3.63) is 0 Å². The van der Waals surface area contributed by atoms with Crippen LogP contribution in [0.4, 0.5) is 0 Å². The van der Waals surface area contributed by atoms with Crippen molar-refractivity contribution < 1.29 is 40.1 Å². The number of hydrogen-bond acceptors (Lipinski definition) is 8. The quantitative estimate of drug-likeness (QED) is 0.254. The number of aliphatic hydroxyl groups excluding tert-OH is 6. The zero-order valence-electron chi connectivity index (χ0n) is 20.4. The summed E-state index contributed by atoms with van der Waals surface area (Å²) in [5.41, 5.74) is 0. The normalized spacial score (nSPS) is 21.1. The summed E-state index contributed by atoms with van der Waals surface area (Å²) < 4.78 is 10.5. The van der Waals surface area contributed by atoms with E-state index in [4.69, 9.17) is 40.1 Å². The molecule has 0 spiro atoms. The van der Waals surface area contributed by atoms with Gasteiger partial charge in [-0.2, -0.15) is 0 Å². The summed E-state index contributed by atoms with van der Waals surface area (Å²) in [5.74, 6) is 0. The first kappa shape index (κ1) is 33.9. The molecule has 3 unspecified atom stereocenters. The summed E-state index contributed by atoms with van der Waals surface area (Å²) in [5, 5.41) is 50.6. The fraction of sp³-hybridized carbons (Fsp3) is 1.00. The van der Waals surface area contributed by atoms with E-state index >= 15 is 0 Å². The van der Waals surface area contributed by atoms with Crippen LogP contribution in [0.15, 0.2) is 0 Å². The third kappa shape index (κ3) is 27.7. The van der Waals surface area contributed by atoms with Gasteiger partial charge in [-0.25, -0.2) is 0 Å². The van der Waals surface area contributed by atoms with Crippen LogP contribution in [0.3, 0.4) is 0 Å². The minimum atomic E-state index is -0.600. The van der Waals surface area contributed by atoms with Crippen LogP contribution < -0.4 is 0 Å². The van der Waals surface area contributed by atoms with Gasteiger partial charge < -0.3 is 40.1 Å². The Labute approximate surface area is 195 Å². The molecule has 2 heterocycles. The van der Waals surface area contributed by atoms with Gasteiger partial charge in [-0.3, -0.25) is 0 Å². The van der Waals surface area contributed by atoms with Gasteiger partial charge in [0.2, 0.25) is 0 Å². The third-order valence-corrected chi connectivity index (χ3v) is 5.11. The molecule has 0 amide bonds. The zero-order chi connectivity index (χ0) is 24.3. The highest BCUT2D eigenvalue weighted by atomic mass is 16.5. The molecule has 2 rings (SSSR count). The number of hydrogen-bond donors (Lipinski definition) is 6. The van der Waals surface area contributed by atoms with Crippen LogP contribution in [0.2, 0.25) is 0 Å². The van der Waals surface area contributed by atoms with Gasteiger partial charge in [0.05, 0.1) is 31.5 Å². The van der Waals surface area contributed by atoms with E-state index < -0.39 is 6.10 Å². The lowest BCUT2D eigenvalue weighted by Crippen LogP contribution is -2.22. The van der Waals surface area contributed by atoms with E-state index in [0.29, 0.717) is 18.9 Å². The molecule has 8 heteroatoms. The Morgan fingerprint density at radius 2 is 1.22 bits per heavy atom. The van der Waals surface area contributed by atoms with Gasteiger partial charge >= 0.3 is 0 Å². The summed E-state index contributed by atoms with van der Waals surface area (Å²) in [6, 6.07) is 0. The van der Waals surface area contributed by atoms with E-state index in [0.717, 1.165) is 58.2 Å². The molecule has 196 valence electrons. The Balaban J connectivity index is 0. The van der Waals surface area contributed by atoms with Crippen molar-refractivity contribution in [3.8, 4) is 0 Å². The first-order chi connectivity index (χ1) is 15.5. The smallest absolute Gasteiger partial charge is 0.0805 e. The topological polar surface area (TPSA) is 140 Å². The van der Waals surface area contributed by atoms with Crippen molar-refractivity contribution in [1.29, 1.82) is 0 Å². The minimum absolute atomic E-state index is 0.142. The van der Waals surface area contributed by atoms with Gasteiger partial charge in [0.15, 0.2) is 0 Å². The molecule has 0 radical (unpaired) electrons. The van der Waals surface area contributed by atoms with Gasteiger partial charge in [0, 0.05) is 33.0 Å². The summed E-state index contributed by atoms with van der Waals surface area (Å²) >= 11 is 0. The first-order valence-electron chi connectivity index (χ1n) is 12.5. The van der Waals surface area contributed by atoms with Crippen LogP contribution in [0.5, 0.6) is 0 Å². The van der Waals surface area contributed by atoms with Crippen molar-refractivity contribution in [3.63, 3.8) is 0 Å². The molecule has 6 N–H and O–H groups in total. The predicted octanol–water partition coefficient (Wildman–Crippen LogP) is 2.16. The van der Waals surface area contributed by atoms with E-state index in [1.807, 2.05) is 0 Å². The summed E-state index contributed by atoms with van der Waals surface area (Å²) in [6.45, 7) is 4.71. The molecule has 2 aliphatic heterocycles. The van der Waals surface area contributed by atoms with Crippen LogP contribution in [0.25, 0.3) is 0 Å². The summed E-state index contributed by atoms with van der Waals surface area (Å²) in [7, 11) is 0. The molecule has 2 aliphatic rings. The van der Waals surface area contributed by atoms with E-state index in [1.165, 1.54) is 25.7 Å². The zero-order valence-corrected chi connectivity index (χ0v) is 20.4. The van der Waals surface area contributed by atoms with Crippen molar-refractivity contribution >= 4 is 0 Å². The molecule has 0 aromatic rings. The molecule has 8 nitrogen and oxygen atoms in total. The maximum Gasteiger partial charge on any atom is 0.0805 e. The minimum Gasteiger partial charge on any atom is -0.396 e. The van der Waals surface area contributed by atoms with Crippen LogP contribution >= 0.6 is 0 Å². The average molecular weight is 469 g/mol. The largest absolute Gasteiger partial charge is 0.396 e. The number of aliphatic hydroxyl groups is 6. The molecule has 0 aromatic heterocycles. The molecule has 2 fully saturated rings. The van der Waals surface area contributed by atoms with E-state index in [1.54, 1.807) is 0 Å². The maximum absolute atomic E-state index is 8.75. The van der Waals surface area contributed by atoms with Crippen LogP contribution in [0.1, 0.15) is 90.4 Å². The Morgan fingerprint density at radius 1 is 0.688 bits per heavy atom. The van der Waals surface area contributed by atoms with Gasteiger partial charge in [0.25, 0.3) is 0 Å². The molecular weight excluding hydrogens is 416 g/mol. The fourth-order valence-electron chi connectivity index (χ4n) is 3.01. The molecule has 0 saturated carbocycles. The third-order valence-electron chi connectivity index (χ3n) is 5.11. The lowest BCUT2D eigenvalue weighted by Gasteiger charge is -2.19. The van der Waals surface area contributed by atoms with Crippen LogP contribution in [-0.4, -0.2) is 95.2 Å². The standard InChI is InChI=1S/C6H14O3.C6H12O2.C6H14O2.C6H12O/c7-4-2-1-3-6(9)5-8;7-5-6-3-1-2-4-8-6;7-5-3-1-2-4-6-8;1-6-4-2-3-5-7-6/h6-9H,1-5H2;6-7H,1-5H2;7-8H,1-6H2;6H,2-5H2,1H3. The highest BCUT2D eigenvalue weighted by Crippen LogP contribution is 2.11. The second kappa shape index (κ2) is 28.7. The highest BCUT2D eigenvalue weighted by Gasteiger charge is 2.11. The van der Waals surface area contributed by atoms with Crippen LogP contribution in [0, 0.1) is 0 Å². The van der Waals surface area contributed by atoms with Gasteiger partial charge in [-0.1, -0.05) is 12.8 Å². The van der Waals surface area contributed by atoms with E-state index in [9.17, 15) is 0 Å². The van der Waals surface area contributed by atoms with Crippen molar-refractivity contribution in [2.75, 3.05) is 46.2 Å². The van der Waals surface area contributed by atoms with Gasteiger partial charge in [0.1, 0.15) is 0 Å². The van der Waals surface area contributed by atoms with E-state index in [2.05, 4.69) is 6.92 Å². The van der Waals surface area contributed by atoms with Gasteiger partial charge in [-0.05, 0) is 77.6 Å². The van der Waals surface area contributed by atoms with Crippen molar-refractivity contribution in [2.24, 2.45) is 0 Å². The average Bonchev–Trinajstić information content (AvgIpc) is 2.84. The second-order valence-electron chi connectivity index (χ2n) is 8.27. The lowest BCUT2D eigenvalue weighted by atomic mass is 10.1. The molecule has 3 atom stereocenters. The monoisotopic (exact) mass is 468 g/mol. The Morgan fingerprint density at radius 3 is 1.53 bits per heavy atom.